The average molecular weight is 736 g/mol. The van der Waals surface area contributed by atoms with Crippen LogP contribution in [-0.4, -0.2) is 88.1 Å². The molecule has 1 spiro atoms. The number of benzene rings is 4. The number of likely N-dealkylation sites (tertiary alicyclic amines) is 1. The van der Waals surface area contributed by atoms with Crippen molar-refractivity contribution in [3.05, 3.63) is 129 Å². The van der Waals surface area contributed by atoms with Gasteiger partial charge < -0.3 is 14.9 Å². The summed E-state index contributed by atoms with van der Waals surface area (Å²) in [6.45, 7) is 4.55. The lowest BCUT2D eigenvalue weighted by atomic mass is 9.69. The number of aryl methyl sites for hydroxylation is 1. The molecule has 5 heterocycles. The third kappa shape index (κ3) is 5.63. The normalized spacial score (nSPS) is 23.9. The first-order valence-electron chi connectivity index (χ1n) is 19.2. The number of hydrogen-bond donors (Lipinski definition) is 2. The molecular formula is C44H41N5O6. The molecule has 4 aromatic carbocycles. The van der Waals surface area contributed by atoms with Gasteiger partial charge in [-0.2, -0.15) is 0 Å². The zero-order chi connectivity index (χ0) is 37.6. The molecule has 11 nitrogen and oxygen atoms in total. The number of carbonyl (C=O) groups excluding carboxylic acids is 5. The van der Waals surface area contributed by atoms with E-state index in [1.54, 1.807) is 12.1 Å². The van der Waals surface area contributed by atoms with Crippen molar-refractivity contribution in [1.82, 2.24) is 20.0 Å². The van der Waals surface area contributed by atoms with Crippen molar-refractivity contribution in [2.24, 2.45) is 5.41 Å². The molecule has 3 atom stereocenters. The SMILES string of the molecule is O=C1CCC(N2C(=O)c3cc4c(cc3C2=O)CN(CC(=O)N2CC3(C2)CN(c2ccc([C@@H]5c6ccc(O)cc6CC[C@@H]5c5ccccc5)cc2)C3)C4)C(=O)N1. The number of piperidine rings is 1. The van der Waals surface area contributed by atoms with Gasteiger partial charge in [-0.15, -0.1) is 0 Å². The summed E-state index contributed by atoms with van der Waals surface area (Å²) in [4.78, 5) is 71.4. The van der Waals surface area contributed by atoms with Crippen LogP contribution < -0.4 is 10.2 Å². The standard InChI is InChI=1S/C44H41N5O6/c50-32-11-13-34-28(16-32)8-12-33(26-4-2-1-3-5-26)40(34)27-6-9-31(10-7-27)47-22-44(23-47)24-48(25-44)39(52)21-46-19-29-17-35-36(18-30(29)20-46)43(55)49(42(35)54)37-14-15-38(51)45-41(37)53/h1-7,9-11,13,16-18,33,37,40,50H,8,12,14-15,19-25H2,(H,45,51,53)/t33-,37?,40+/m1/s1. The summed E-state index contributed by atoms with van der Waals surface area (Å²) in [6.07, 6.45) is 2.17. The number of phenolic OH excluding ortho intramolecular Hbond substituents is 1. The van der Waals surface area contributed by atoms with Crippen molar-refractivity contribution in [3.63, 3.8) is 0 Å². The Hall–Kier alpha value is -5.81. The minimum Gasteiger partial charge on any atom is -0.508 e. The van der Waals surface area contributed by atoms with E-state index in [2.05, 4.69) is 70.9 Å². The van der Waals surface area contributed by atoms with E-state index in [1.165, 1.54) is 27.9 Å². The maximum atomic E-state index is 13.4. The predicted molar refractivity (Wildman–Crippen MR) is 202 cm³/mol. The van der Waals surface area contributed by atoms with Gasteiger partial charge in [0.15, 0.2) is 0 Å². The van der Waals surface area contributed by atoms with Gasteiger partial charge in [0.25, 0.3) is 11.8 Å². The number of imide groups is 2. The number of rotatable bonds is 6. The lowest BCUT2D eigenvalue weighted by Gasteiger charge is -2.61. The summed E-state index contributed by atoms with van der Waals surface area (Å²) in [7, 11) is 0. The summed E-state index contributed by atoms with van der Waals surface area (Å²) in [5.74, 6) is -1.09. The van der Waals surface area contributed by atoms with E-state index < -0.39 is 29.7 Å². The Labute approximate surface area is 318 Å². The number of amides is 5. The maximum absolute atomic E-state index is 13.4. The van der Waals surface area contributed by atoms with Gasteiger partial charge in [-0.3, -0.25) is 39.1 Å². The molecule has 0 bridgehead atoms. The van der Waals surface area contributed by atoms with E-state index in [-0.39, 0.29) is 47.8 Å². The van der Waals surface area contributed by atoms with Crippen LogP contribution in [0, 0.1) is 5.41 Å². The Bertz CT molecular complexity index is 2250. The Morgan fingerprint density at radius 2 is 1.44 bits per heavy atom. The molecule has 5 amide bonds. The molecule has 0 saturated carbocycles. The Balaban J connectivity index is 0.747. The summed E-state index contributed by atoms with van der Waals surface area (Å²) in [5, 5.41) is 12.4. The molecule has 3 fully saturated rings. The van der Waals surface area contributed by atoms with Crippen LogP contribution in [0.4, 0.5) is 5.69 Å². The van der Waals surface area contributed by atoms with Crippen molar-refractivity contribution in [3.8, 4) is 5.75 Å². The fourth-order valence-electron chi connectivity index (χ4n) is 10.1. The van der Waals surface area contributed by atoms with Gasteiger partial charge in [-0.05, 0) is 95.0 Å². The molecule has 4 aromatic rings. The Kier molecular flexibility index (Phi) is 7.74. The fourth-order valence-corrected chi connectivity index (χ4v) is 10.1. The van der Waals surface area contributed by atoms with Gasteiger partial charge in [0.05, 0.1) is 17.7 Å². The lowest BCUT2D eigenvalue weighted by Crippen LogP contribution is -2.73. The smallest absolute Gasteiger partial charge is 0.262 e. The molecule has 6 aliphatic rings. The number of fused-ring (bicyclic) bond motifs is 3. The van der Waals surface area contributed by atoms with Gasteiger partial charge >= 0.3 is 0 Å². The number of anilines is 1. The molecule has 0 radical (unpaired) electrons. The van der Waals surface area contributed by atoms with Crippen molar-refractivity contribution >= 4 is 35.2 Å². The molecule has 3 saturated heterocycles. The Morgan fingerprint density at radius 1 is 0.745 bits per heavy atom. The highest BCUT2D eigenvalue weighted by Gasteiger charge is 2.53. The van der Waals surface area contributed by atoms with E-state index in [0.717, 1.165) is 55.0 Å². The third-order valence-corrected chi connectivity index (χ3v) is 12.8. The van der Waals surface area contributed by atoms with Gasteiger partial charge in [0.1, 0.15) is 11.8 Å². The number of nitrogens with one attached hydrogen (secondary N) is 1. The highest BCUT2D eigenvalue weighted by Crippen LogP contribution is 2.48. The van der Waals surface area contributed by atoms with Crippen LogP contribution >= 0.6 is 0 Å². The zero-order valence-corrected chi connectivity index (χ0v) is 30.4. The Morgan fingerprint density at radius 3 is 2.11 bits per heavy atom. The first-order valence-corrected chi connectivity index (χ1v) is 19.2. The highest BCUT2D eigenvalue weighted by molar-refractivity contribution is 6.23. The van der Waals surface area contributed by atoms with Gasteiger partial charge in [0, 0.05) is 62.7 Å². The van der Waals surface area contributed by atoms with Crippen LogP contribution in [0.1, 0.15) is 85.2 Å². The van der Waals surface area contributed by atoms with Crippen molar-refractivity contribution < 1.29 is 29.1 Å². The second kappa shape index (κ2) is 12.6. The number of aromatic hydroxyl groups is 1. The maximum Gasteiger partial charge on any atom is 0.262 e. The largest absolute Gasteiger partial charge is 0.508 e. The molecule has 55 heavy (non-hydrogen) atoms. The van der Waals surface area contributed by atoms with Gasteiger partial charge in [0.2, 0.25) is 17.7 Å². The van der Waals surface area contributed by atoms with Crippen LogP contribution in [-0.2, 0) is 33.9 Å². The molecule has 2 N–H and O–H groups in total. The minimum atomic E-state index is -0.993. The van der Waals surface area contributed by atoms with Crippen molar-refractivity contribution in [2.45, 2.75) is 56.7 Å². The molecular weight excluding hydrogens is 695 g/mol. The molecule has 5 aliphatic heterocycles. The first kappa shape index (κ1) is 33.7. The average Bonchev–Trinajstić information content (AvgIpc) is 3.65. The van der Waals surface area contributed by atoms with Crippen LogP contribution in [0.25, 0.3) is 0 Å². The van der Waals surface area contributed by atoms with Crippen molar-refractivity contribution in [1.29, 1.82) is 0 Å². The molecule has 1 aliphatic carbocycles. The highest BCUT2D eigenvalue weighted by atomic mass is 16.3. The monoisotopic (exact) mass is 735 g/mol. The molecule has 10 rings (SSSR count). The second-order valence-corrected chi connectivity index (χ2v) is 16.4. The van der Waals surface area contributed by atoms with Crippen molar-refractivity contribution in [2.75, 3.05) is 37.6 Å². The van der Waals surface area contributed by atoms with E-state index in [0.29, 0.717) is 24.8 Å². The number of carbonyl (C=O) groups is 5. The number of phenols is 1. The first-order chi connectivity index (χ1) is 26.6. The second-order valence-electron chi connectivity index (χ2n) is 16.4. The predicted octanol–water partition coefficient (Wildman–Crippen LogP) is 4.32. The van der Waals surface area contributed by atoms with E-state index >= 15 is 0 Å². The van der Waals surface area contributed by atoms with E-state index in [4.69, 9.17) is 0 Å². The molecule has 278 valence electrons. The van der Waals surface area contributed by atoms with Crippen LogP contribution in [0.2, 0.25) is 0 Å². The van der Waals surface area contributed by atoms with Crippen LogP contribution in [0.3, 0.4) is 0 Å². The summed E-state index contributed by atoms with van der Waals surface area (Å²) in [5.41, 5.74) is 8.79. The number of nitrogens with zero attached hydrogens (tertiary/aromatic N) is 4. The van der Waals surface area contributed by atoms with E-state index in [1.807, 2.05) is 21.9 Å². The summed E-state index contributed by atoms with van der Waals surface area (Å²) >= 11 is 0. The van der Waals surface area contributed by atoms with Crippen LogP contribution in [0.5, 0.6) is 5.75 Å². The molecule has 1 unspecified atom stereocenters. The van der Waals surface area contributed by atoms with Gasteiger partial charge in [-0.1, -0.05) is 48.5 Å². The topological polar surface area (TPSA) is 131 Å². The number of hydrogen-bond acceptors (Lipinski definition) is 8. The zero-order valence-electron chi connectivity index (χ0n) is 30.4. The summed E-state index contributed by atoms with van der Waals surface area (Å²) in [6, 6.07) is 28.0. The molecule has 0 aromatic heterocycles. The van der Waals surface area contributed by atoms with Crippen LogP contribution in [0.15, 0.2) is 84.9 Å². The lowest BCUT2D eigenvalue weighted by molar-refractivity contribution is -0.146. The third-order valence-electron chi connectivity index (χ3n) is 12.8. The summed E-state index contributed by atoms with van der Waals surface area (Å²) < 4.78 is 0. The quantitative estimate of drug-likeness (QED) is 0.280. The van der Waals surface area contributed by atoms with Gasteiger partial charge in [-0.25, -0.2) is 0 Å². The minimum absolute atomic E-state index is 0.0779. The molecule has 11 heteroatoms. The fraction of sp³-hybridized carbons (Fsp3) is 0.341. The van der Waals surface area contributed by atoms with E-state index in [9.17, 15) is 29.1 Å².